The molecule has 1 aliphatic rings. The van der Waals surface area contributed by atoms with Crippen LogP contribution in [0.4, 0.5) is 5.82 Å². The number of carbonyl (C=O) groups excluding carboxylic acids is 2. The fourth-order valence-electron chi connectivity index (χ4n) is 2.00. The van der Waals surface area contributed by atoms with Crippen molar-refractivity contribution >= 4 is 17.6 Å². The molecule has 0 saturated carbocycles. The minimum absolute atomic E-state index is 0.0526. The van der Waals surface area contributed by atoms with E-state index in [0.29, 0.717) is 12.2 Å². The monoisotopic (exact) mass is 222 g/mol. The maximum absolute atomic E-state index is 11.7. The number of imidazole rings is 1. The van der Waals surface area contributed by atoms with Gasteiger partial charge in [0.1, 0.15) is 6.54 Å². The fraction of sp³-hybridized carbons (Fsp3) is 0.500. The highest BCUT2D eigenvalue weighted by atomic mass is 16.2. The van der Waals surface area contributed by atoms with E-state index in [1.807, 2.05) is 6.92 Å². The number of nitrogens with zero attached hydrogens (tertiary/aromatic N) is 3. The molecule has 2 rings (SSSR count). The van der Waals surface area contributed by atoms with Crippen LogP contribution in [0.2, 0.25) is 0 Å². The number of nitrogens with two attached hydrogens (primary N) is 1. The highest BCUT2D eigenvalue weighted by Gasteiger charge is 2.31. The van der Waals surface area contributed by atoms with Crippen LogP contribution in [0.1, 0.15) is 12.6 Å². The van der Waals surface area contributed by atoms with E-state index in [1.165, 1.54) is 4.90 Å². The summed E-state index contributed by atoms with van der Waals surface area (Å²) in [6.45, 7) is 1.97. The van der Waals surface area contributed by atoms with E-state index in [9.17, 15) is 9.59 Å². The standard InChI is InChI=1S/C10H14N4O2/c1-6-3-7-9(13(2)10(6)16)12-5-14(7)4-8(11)15/h5-6H,3-4H2,1-2H3,(H2,11,15). The van der Waals surface area contributed by atoms with Crippen LogP contribution < -0.4 is 10.6 Å². The van der Waals surface area contributed by atoms with E-state index in [1.54, 1.807) is 17.9 Å². The van der Waals surface area contributed by atoms with Gasteiger partial charge in [0, 0.05) is 19.4 Å². The van der Waals surface area contributed by atoms with Gasteiger partial charge in [-0.15, -0.1) is 0 Å². The quantitative estimate of drug-likeness (QED) is 0.734. The van der Waals surface area contributed by atoms with Crippen LogP contribution in [0.3, 0.4) is 0 Å². The van der Waals surface area contributed by atoms with E-state index in [-0.39, 0.29) is 18.4 Å². The SMILES string of the molecule is CC1Cc2c(ncn2CC(N)=O)N(C)C1=O. The molecule has 6 nitrogen and oxygen atoms in total. The van der Waals surface area contributed by atoms with Crippen molar-refractivity contribution in [3.8, 4) is 0 Å². The lowest BCUT2D eigenvalue weighted by atomic mass is 10.00. The number of aromatic nitrogens is 2. The molecule has 1 atom stereocenters. The second-order valence-electron chi connectivity index (χ2n) is 4.11. The summed E-state index contributed by atoms with van der Waals surface area (Å²) < 4.78 is 1.71. The summed E-state index contributed by atoms with van der Waals surface area (Å²) in [5.41, 5.74) is 6.04. The normalized spacial score (nSPS) is 19.8. The van der Waals surface area contributed by atoms with Crippen molar-refractivity contribution in [3.05, 3.63) is 12.0 Å². The molecule has 1 aliphatic heterocycles. The summed E-state index contributed by atoms with van der Waals surface area (Å²) in [5.74, 6) is 0.189. The van der Waals surface area contributed by atoms with Crippen molar-refractivity contribution in [2.75, 3.05) is 11.9 Å². The predicted octanol–water partition coefficient (Wildman–Crippen LogP) is -0.477. The highest BCUT2D eigenvalue weighted by Crippen LogP contribution is 2.27. The Kier molecular flexibility index (Phi) is 2.41. The average molecular weight is 222 g/mol. The van der Waals surface area contributed by atoms with Gasteiger partial charge in [0.2, 0.25) is 11.8 Å². The van der Waals surface area contributed by atoms with Gasteiger partial charge in [-0.05, 0) is 0 Å². The lowest BCUT2D eigenvalue weighted by molar-refractivity contribution is -0.122. The largest absolute Gasteiger partial charge is 0.368 e. The molecule has 2 amide bonds. The first-order chi connectivity index (χ1) is 7.50. The van der Waals surface area contributed by atoms with Gasteiger partial charge < -0.3 is 10.3 Å². The van der Waals surface area contributed by atoms with Gasteiger partial charge in [-0.25, -0.2) is 4.98 Å². The van der Waals surface area contributed by atoms with Gasteiger partial charge in [-0.2, -0.15) is 0 Å². The van der Waals surface area contributed by atoms with E-state index < -0.39 is 5.91 Å². The third kappa shape index (κ3) is 1.56. The van der Waals surface area contributed by atoms with Gasteiger partial charge in [0.15, 0.2) is 5.82 Å². The van der Waals surface area contributed by atoms with Gasteiger partial charge in [-0.1, -0.05) is 6.92 Å². The molecule has 86 valence electrons. The fourth-order valence-corrected chi connectivity index (χ4v) is 2.00. The van der Waals surface area contributed by atoms with Crippen molar-refractivity contribution in [2.45, 2.75) is 19.9 Å². The van der Waals surface area contributed by atoms with Crippen molar-refractivity contribution in [2.24, 2.45) is 11.7 Å². The van der Waals surface area contributed by atoms with Crippen LogP contribution in [0.15, 0.2) is 6.33 Å². The van der Waals surface area contributed by atoms with Crippen LogP contribution in [-0.2, 0) is 22.6 Å². The molecule has 0 fully saturated rings. The molecule has 0 aromatic carbocycles. The molecule has 0 spiro atoms. The summed E-state index contributed by atoms with van der Waals surface area (Å²) in [5, 5.41) is 0. The number of amides is 2. The van der Waals surface area contributed by atoms with Crippen molar-refractivity contribution in [1.29, 1.82) is 0 Å². The van der Waals surface area contributed by atoms with E-state index in [2.05, 4.69) is 4.98 Å². The Morgan fingerprint density at radius 3 is 3.00 bits per heavy atom. The minimum atomic E-state index is -0.410. The third-order valence-corrected chi connectivity index (χ3v) is 2.82. The molecule has 16 heavy (non-hydrogen) atoms. The Morgan fingerprint density at radius 2 is 2.38 bits per heavy atom. The average Bonchev–Trinajstić information content (AvgIpc) is 2.58. The molecular formula is C10H14N4O2. The molecule has 1 aromatic heterocycles. The van der Waals surface area contributed by atoms with Gasteiger partial charge in [0.05, 0.1) is 12.0 Å². The topological polar surface area (TPSA) is 81.2 Å². The summed E-state index contributed by atoms with van der Waals surface area (Å²) >= 11 is 0. The predicted molar refractivity (Wildman–Crippen MR) is 57.7 cm³/mol. The summed E-state index contributed by atoms with van der Waals surface area (Å²) in [4.78, 5) is 28.2. The highest BCUT2D eigenvalue weighted by molar-refractivity contribution is 5.96. The van der Waals surface area contributed by atoms with Crippen LogP contribution in [0, 0.1) is 5.92 Å². The molecule has 1 aromatic rings. The molecule has 0 saturated heterocycles. The number of hydrogen-bond donors (Lipinski definition) is 1. The van der Waals surface area contributed by atoms with E-state index in [4.69, 9.17) is 5.73 Å². The lowest BCUT2D eigenvalue weighted by Gasteiger charge is -2.26. The van der Waals surface area contributed by atoms with Crippen molar-refractivity contribution in [1.82, 2.24) is 9.55 Å². The Bertz CT molecular complexity index is 452. The summed E-state index contributed by atoms with van der Waals surface area (Å²) in [6.07, 6.45) is 2.16. The number of fused-ring (bicyclic) bond motifs is 1. The van der Waals surface area contributed by atoms with Gasteiger partial charge in [0.25, 0.3) is 0 Å². The molecule has 2 N–H and O–H groups in total. The third-order valence-electron chi connectivity index (χ3n) is 2.82. The zero-order valence-electron chi connectivity index (χ0n) is 9.30. The van der Waals surface area contributed by atoms with Gasteiger partial charge >= 0.3 is 0 Å². The number of hydrogen-bond acceptors (Lipinski definition) is 3. The van der Waals surface area contributed by atoms with Crippen molar-refractivity contribution < 1.29 is 9.59 Å². The van der Waals surface area contributed by atoms with Gasteiger partial charge in [-0.3, -0.25) is 14.5 Å². The molecule has 0 bridgehead atoms. The number of primary amides is 1. The molecule has 0 aliphatic carbocycles. The molecule has 0 radical (unpaired) electrons. The molecular weight excluding hydrogens is 208 g/mol. The Balaban J connectivity index is 2.39. The van der Waals surface area contributed by atoms with E-state index >= 15 is 0 Å². The Hall–Kier alpha value is -1.85. The van der Waals surface area contributed by atoms with Crippen molar-refractivity contribution in [3.63, 3.8) is 0 Å². The van der Waals surface area contributed by atoms with Crippen LogP contribution in [0.5, 0.6) is 0 Å². The summed E-state index contributed by atoms with van der Waals surface area (Å²) in [7, 11) is 1.69. The van der Waals surface area contributed by atoms with Crippen LogP contribution >= 0.6 is 0 Å². The Labute approximate surface area is 93.0 Å². The second-order valence-corrected chi connectivity index (χ2v) is 4.11. The maximum Gasteiger partial charge on any atom is 0.237 e. The molecule has 1 unspecified atom stereocenters. The van der Waals surface area contributed by atoms with E-state index in [0.717, 1.165) is 5.69 Å². The lowest BCUT2D eigenvalue weighted by Crippen LogP contribution is -2.38. The zero-order valence-corrected chi connectivity index (χ0v) is 9.30. The molecule has 2 heterocycles. The number of carbonyl (C=O) groups is 2. The van der Waals surface area contributed by atoms with Crippen LogP contribution in [0.25, 0.3) is 0 Å². The zero-order chi connectivity index (χ0) is 11.9. The minimum Gasteiger partial charge on any atom is -0.368 e. The van der Waals surface area contributed by atoms with Crippen LogP contribution in [-0.4, -0.2) is 28.4 Å². The number of rotatable bonds is 2. The first kappa shape index (κ1) is 10.7. The smallest absolute Gasteiger partial charge is 0.237 e. The first-order valence-corrected chi connectivity index (χ1v) is 5.10. The molecule has 6 heteroatoms. The summed E-state index contributed by atoms with van der Waals surface area (Å²) in [6, 6.07) is 0. The Morgan fingerprint density at radius 1 is 1.69 bits per heavy atom. The first-order valence-electron chi connectivity index (χ1n) is 5.10. The number of anilines is 1. The maximum atomic E-state index is 11.7. The second kappa shape index (κ2) is 3.62.